The Hall–Kier alpha value is -4.42. The van der Waals surface area contributed by atoms with Gasteiger partial charge in [-0.15, -0.1) is 0 Å². The minimum Gasteiger partial charge on any atom is -0.378 e. The van der Waals surface area contributed by atoms with Gasteiger partial charge >= 0.3 is 0 Å². The molecule has 1 heterocycles. The molecule has 0 aliphatic heterocycles. The van der Waals surface area contributed by atoms with Gasteiger partial charge < -0.3 is 4.90 Å². The maximum absolute atomic E-state index is 9.69. The van der Waals surface area contributed by atoms with E-state index in [0.29, 0.717) is 5.56 Å². The lowest BCUT2D eigenvalue weighted by molar-refractivity contribution is 1.13. The number of nitriles is 1. The van der Waals surface area contributed by atoms with Crippen LogP contribution in [0.4, 0.5) is 5.69 Å². The van der Waals surface area contributed by atoms with Gasteiger partial charge in [0.1, 0.15) is 0 Å². The monoisotopic (exact) mass is 443 g/mol. The fraction of sp³-hybridized carbons (Fsp3) is 0.0968. The van der Waals surface area contributed by atoms with Crippen LogP contribution in [0.3, 0.4) is 0 Å². The Kier molecular flexibility index (Phi) is 8.54. The lowest BCUT2D eigenvalue weighted by Crippen LogP contribution is -2.07. The van der Waals surface area contributed by atoms with Crippen molar-refractivity contribution >= 4 is 34.8 Å². The van der Waals surface area contributed by atoms with Crippen molar-refractivity contribution in [2.45, 2.75) is 6.92 Å². The molecule has 0 saturated heterocycles. The molecule has 0 unspecified atom stereocenters. The fourth-order valence-electron chi connectivity index (χ4n) is 3.37. The number of fused-ring (bicyclic) bond motifs is 1. The molecule has 0 aliphatic carbocycles. The van der Waals surface area contributed by atoms with Gasteiger partial charge in [0.25, 0.3) is 0 Å². The number of aromatic nitrogens is 1. The number of anilines is 1. The molecular weight excluding hydrogens is 414 g/mol. The van der Waals surface area contributed by atoms with Crippen LogP contribution in [0.1, 0.15) is 29.3 Å². The van der Waals surface area contributed by atoms with Gasteiger partial charge in [0, 0.05) is 25.2 Å². The van der Waals surface area contributed by atoms with E-state index in [-0.39, 0.29) is 0 Å². The highest BCUT2D eigenvalue weighted by Crippen LogP contribution is 2.21. The SMILES string of the molecule is C=C(/C=C\C)/C=C/C=C/c1ccc2nc(/C=C/C=C/c3ccc(N(C)C)cc3)cc(C#N)c2c1. The van der Waals surface area contributed by atoms with E-state index in [4.69, 9.17) is 4.98 Å². The first kappa shape index (κ1) is 24.2. The van der Waals surface area contributed by atoms with Crippen LogP contribution in [0, 0.1) is 11.3 Å². The summed E-state index contributed by atoms with van der Waals surface area (Å²) in [5.74, 6) is 0. The zero-order valence-electron chi connectivity index (χ0n) is 19.9. The van der Waals surface area contributed by atoms with Gasteiger partial charge in [-0.1, -0.05) is 79.5 Å². The van der Waals surface area contributed by atoms with Gasteiger partial charge in [-0.25, -0.2) is 4.98 Å². The molecule has 2 aromatic carbocycles. The number of hydrogen-bond donors (Lipinski definition) is 0. The molecule has 34 heavy (non-hydrogen) atoms. The van der Waals surface area contributed by atoms with Crippen LogP contribution in [-0.4, -0.2) is 19.1 Å². The Labute approximate surface area is 202 Å². The number of benzene rings is 2. The summed E-state index contributed by atoms with van der Waals surface area (Å²) in [6.07, 6.45) is 19.7. The Morgan fingerprint density at radius 3 is 2.26 bits per heavy atom. The lowest BCUT2D eigenvalue weighted by atomic mass is 10.0. The topological polar surface area (TPSA) is 39.9 Å². The highest BCUT2D eigenvalue weighted by atomic mass is 15.1. The summed E-state index contributed by atoms with van der Waals surface area (Å²) < 4.78 is 0. The maximum Gasteiger partial charge on any atom is 0.0999 e. The predicted molar refractivity (Wildman–Crippen MR) is 147 cm³/mol. The van der Waals surface area contributed by atoms with Crippen LogP contribution >= 0.6 is 0 Å². The molecule has 1 aromatic heterocycles. The van der Waals surface area contributed by atoms with Crippen molar-refractivity contribution in [1.29, 1.82) is 5.26 Å². The summed E-state index contributed by atoms with van der Waals surface area (Å²) in [5.41, 5.74) is 6.42. The molecule has 0 amide bonds. The number of allylic oxidation sites excluding steroid dienone is 8. The molecular formula is C31H29N3. The Morgan fingerprint density at radius 1 is 0.882 bits per heavy atom. The molecule has 0 atom stereocenters. The second kappa shape index (κ2) is 12.0. The third-order valence-electron chi connectivity index (χ3n) is 5.14. The van der Waals surface area contributed by atoms with E-state index in [1.165, 1.54) is 5.69 Å². The lowest BCUT2D eigenvalue weighted by Gasteiger charge is -2.11. The number of nitrogens with zero attached hydrogens (tertiary/aromatic N) is 3. The van der Waals surface area contributed by atoms with Gasteiger partial charge in [-0.2, -0.15) is 5.26 Å². The normalized spacial score (nSPS) is 12.1. The van der Waals surface area contributed by atoms with E-state index in [1.807, 2.05) is 106 Å². The van der Waals surface area contributed by atoms with Gasteiger partial charge in [-0.05, 0) is 60.0 Å². The van der Waals surface area contributed by atoms with Gasteiger partial charge in [-0.3, -0.25) is 0 Å². The molecule has 3 heteroatoms. The van der Waals surface area contributed by atoms with Crippen LogP contribution in [-0.2, 0) is 0 Å². The largest absolute Gasteiger partial charge is 0.378 e. The summed E-state index contributed by atoms with van der Waals surface area (Å²) in [5, 5.41) is 10.5. The Morgan fingerprint density at radius 2 is 1.56 bits per heavy atom. The van der Waals surface area contributed by atoms with E-state index >= 15 is 0 Å². The highest BCUT2D eigenvalue weighted by molar-refractivity contribution is 5.88. The number of pyridine rings is 1. The van der Waals surface area contributed by atoms with Crippen molar-refractivity contribution in [2.75, 3.05) is 19.0 Å². The zero-order valence-corrected chi connectivity index (χ0v) is 19.9. The van der Waals surface area contributed by atoms with Crippen LogP contribution < -0.4 is 4.90 Å². The molecule has 3 rings (SSSR count). The first-order valence-corrected chi connectivity index (χ1v) is 11.1. The van der Waals surface area contributed by atoms with Gasteiger partial charge in [0.05, 0.1) is 22.8 Å². The van der Waals surface area contributed by atoms with Crippen molar-refractivity contribution < 1.29 is 0 Å². The summed E-state index contributed by atoms with van der Waals surface area (Å²) in [4.78, 5) is 6.78. The number of hydrogen-bond acceptors (Lipinski definition) is 3. The maximum atomic E-state index is 9.69. The first-order valence-electron chi connectivity index (χ1n) is 11.1. The fourth-order valence-corrected chi connectivity index (χ4v) is 3.37. The molecule has 0 N–H and O–H groups in total. The number of rotatable bonds is 8. The molecule has 3 nitrogen and oxygen atoms in total. The second-order valence-electron chi connectivity index (χ2n) is 7.98. The summed E-state index contributed by atoms with van der Waals surface area (Å²) in [6, 6.07) is 18.4. The third-order valence-corrected chi connectivity index (χ3v) is 5.14. The van der Waals surface area contributed by atoms with Crippen LogP contribution in [0.2, 0.25) is 0 Å². The minimum atomic E-state index is 0.611. The molecule has 168 valence electrons. The molecule has 0 saturated carbocycles. The van der Waals surface area contributed by atoms with Crippen molar-refractivity contribution in [2.24, 2.45) is 0 Å². The second-order valence-corrected chi connectivity index (χ2v) is 7.98. The highest BCUT2D eigenvalue weighted by Gasteiger charge is 2.05. The summed E-state index contributed by atoms with van der Waals surface area (Å²) >= 11 is 0. The predicted octanol–water partition coefficient (Wildman–Crippen LogP) is 7.60. The van der Waals surface area contributed by atoms with E-state index in [9.17, 15) is 5.26 Å². The standard InChI is InChI=1S/C31H29N3/c1-5-10-24(2)11-6-7-13-26-17-20-31-30(21-26)27(23-32)22-28(33-31)14-9-8-12-25-15-18-29(19-16-25)34(3)4/h5-22H,2H2,1,3-4H3/b10-5-,11-6+,12-8+,13-7+,14-9+. The van der Waals surface area contributed by atoms with E-state index in [0.717, 1.165) is 33.3 Å². The summed E-state index contributed by atoms with van der Waals surface area (Å²) in [6.45, 7) is 5.91. The third kappa shape index (κ3) is 6.79. The molecule has 3 aromatic rings. The van der Waals surface area contributed by atoms with Crippen molar-refractivity contribution in [3.8, 4) is 6.07 Å². The van der Waals surface area contributed by atoms with Crippen LogP contribution in [0.15, 0.2) is 103 Å². The van der Waals surface area contributed by atoms with E-state index < -0.39 is 0 Å². The smallest absolute Gasteiger partial charge is 0.0999 e. The minimum absolute atomic E-state index is 0.611. The molecule has 0 fully saturated rings. The molecule has 0 radical (unpaired) electrons. The van der Waals surface area contributed by atoms with Crippen LogP contribution in [0.5, 0.6) is 0 Å². The van der Waals surface area contributed by atoms with E-state index in [1.54, 1.807) is 0 Å². The van der Waals surface area contributed by atoms with E-state index in [2.05, 4.69) is 41.8 Å². The van der Waals surface area contributed by atoms with Gasteiger partial charge in [0.2, 0.25) is 0 Å². The Balaban J connectivity index is 1.75. The quantitative estimate of drug-likeness (QED) is 0.337. The van der Waals surface area contributed by atoms with Gasteiger partial charge in [0.15, 0.2) is 0 Å². The molecule has 0 bridgehead atoms. The molecule has 0 aliphatic rings. The van der Waals surface area contributed by atoms with Crippen molar-refractivity contribution in [3.63, 3.8) is 0 Å². The van der Waals surface area contributed by atoms with Crippen molar-refractivity contribution in [1.82, 2.24) is 4.98 Å². The average molecular weight is 444 g/mol. The Bertz CT molecular complexity index is 1340. The summed E-state index contributed by atoms with van der Waals surface area (Å²) in [7, 11) is 4.05. The zero-order chi connectivity index (χ0) is 24.3. The first-order chi connectivity index (χ1) is 16.5. The molecule has 0 spiro atoms. The van der Waals surface area contributed by atoms with Crippen LogP contribution in [0.25, 0.3) is 29.1 Å². The average Bonchev–Trinajstić information content (AvgIpc) is 2.84. The van der Waals surface area contributed by atoms with Crippen molar-refractivity contribution in [3.05, 3.63) is 126 Å².